The van der Waals surface area contributed by atoms with E-state index in [1.807, 2.05) is 36.4 Å². The van der Waals surface area contributed by atoms with Gasteiger partial charge in [-0.1, -0.05) is 0 Å². The van der Waals surface area contributed by atoms with Crippen molar-refractivity contribution in [3.05, 3.63) is 54.1 Å². The first-order valence-electron chi connectivity index (χ1n) is 10.3. The van der Waals surface area contributed by atoms with E-state index in [9.17, 15) is 9.59 Å². The number of nitrogens with one attached hydrogen (secondary N) is 1. The van der Waals surface area contributed by atoms with Crippen molar-refractivity contribution in [2.75, 3.05) is 30.0 Å². The van der Waals surface area contributed by atoms with E-state index in [-0.39, 0.29) is 17.9 Å². The zero-order chi connectivity index (χ0) is 20.1. The molecule has 0 radical (unpaired) electrons. The van der Waals surface area contributed by atoms with Crippen LogP contribution in [0.2, 0.25) is 0 Å². The lowest BCUT2D eigenvalue weighted by atomic mass is 10.1. The number of amides is 2. The monoisotopic (exact) mass is 394 g/mol. The Morgan fingerprint density at radius 1 is 1.07 bits per heavy atom. The van der Waals surface area contributed by atoms with Gasteiger partial charge in [-0.05, 0) is 74.2 Å². The highest BCUT2D eigenvalue weighted by atomic mass is 16.5. The Bertz CT molecular complexity index is 842. The summed E-state index contributed by atoms with van der Waals surface area (Å²) in [5.74, 6) is 0.713. The zero-order valence-corrected chi connectivity index (χ0v) is 16.4. The predicted molar refractivity (Wildman–Crippen MR) is 112 cm³/mol. The van der Waals surface area contributed by atoms with Gasteiger partial charge in [0.15, 0.2) is 0 Å². The van der Waals surface area contributed by atoms with Gasteiger partial charge in [0.1, 0.15) is 12.4 Å². The van der Waals surface area contributed by atoms with Crippen molar-refractivity contribution in [3.8, 4) is 5.75 Å². The van der Waals surface area contributed by atoms with Gasteiger partial charge in [0.25, 0.3) is 5.91 Å². The van der Waals surface area contributed by atoms with E-state index in [1.54, 1.807) is 17.0 Å². The molecule has 0 aliphatic carbocycles. The van der Waals surface area contributed by atoms with Gasteiger partial charge in [0.2, 0.25) is 5.91 Å². The molecular weight excluding hydrogens is 368 g/mol. The highest BCUT2D eigenvalue weighted by Crippen LogP contribution is 2.23. The Kier molecular flexibility index (Phi) is 6.10. The molecule has 2 aliphatic heterocycles. The number of rotatable bonds is 6. The van der Waals surface area contributed by atoms with E-state index >= 15 is 0 Å². The van der Waals surface area contributed by atoms with E-state index in [4.69, 9.17) is 9.47 Å². The van der Waals surface area contributed by atoms with Crippen LogP contribution in [0.1, 0.15) is 42.5 Å². The lowest BCUT2D eigenvalue weighted by molar-refractivity contribution is -0.117. The number of hydrogen-bond donors (Lipinski definition) is 1. The molecule has 0 spiro atoms. The summed E-state index contributed by atoms with van der Waals surface area (Å²) in [6.07, 6.45) is 5.00. The highest BCUT2D eigenvalue weighted by Gasteiger charge is 2.21. The fraction of sp³-hybridized carbons (Fsp3) is 0.391. The molecule has 0 saturated carbocycles. The molecular formula is C23H26N2O4. The second kappa shape index (κ2) is 9.09. The van der Waals surface area contributed by atoms with Gasteiger partial charge in [-0.3, -0.25) is 9.59 Å². The molecule has 152 valence electrons. The van der Waals surface area contributed by atoms with Gasteiger partial charge in [-0.15, -0.1) is 0 Å². The largest absolute Gasteiger partial charge is 0.491 e. The molecule has 1 unspecified atom stereocenters. The van der Waals surface area contributed by atoms with E-state index in [1.165, 1.54) is 6.42 Å². The van der Waals surface area contributed by atoms with Crippen molar-refractivity contribution in [1.82, 2.24) is 0 Å². The predicted octanol–water partition coefficient (Wildman–Crippen LogP) is 4.01. The van der Waals surface area contributed by atoms with E-state index < -0.39 is 0 Å². The summed E-state index contributed by atoms with van der Waals surface area (Å²) >= 11 is 0. The zero-order valence-electron chi connectivity index (χ0n) is 16.4. The van der Waals surface area contributed by atoms with Crippen LogP contribution in [0.5, 0.6) is 5.75 Å². The van der Waals surface area contributed by atoms with Crippen molar-refractivity contribution in [2.45, 2.75) is 38.2 Å². The maximum Gasteiger partial charge on any atom is 0.255 e. The minimum absolute atomic E-state index is 0.138. The SMILES string of the molecule is O=C(Nc1ccc(OCC2CCCCO2)cc1)c1ccc(N2CCCC2=O)cc1. The van der Waals surface area contributed by atoms with Crippen LogP contribution in [0, 0.1) is 0 Å². The molecule has 2 heterocycles. The number of carbonyl (C=O) groups excluding carboxylic acids is 2. The first-order valence-corrected chi connectivity index (χ1v) is 10.3. The molecule has 0 aromatic heterocycles. The Hall–Kier alpha value is -2.86. The summed E-state index contributed by atoms with van der Waals surface area (Å²) in [6.45, 7) is 2.11. The molecule has 2 aromatic carbocycles. The highest BCUT2D eigenvalue weighted by molar-refractivity contribution is 6.04. The Morgan fingerprint density at radius 3 is 2.52 bits per heavy atom. The van der Waals surface area contributed by atoms with Gasteiger partial charge in [-0.25, -0.2) is 0 Å². The standard InChI is InChI=1S/C23H26N2O4/c26-22-5-3-14-25(22)19-10-6-17(7-11-19)23(27)24-18-8-12-20(13-9-18)29-16-21-4-1-2-15-28-21/h6-13,21H,1-5,14-16H2,(H,24,27). The van der Waals surface area contributed by atoms with Crippen LogP contribution in [0.25, 0.3) is 0 Å². The van der Waals surface area contributed by atoms with Gasteiger partial charge in [0.05, 0.1) is 6.10 Å². The minimum atomic E-state index is -0.187. The van der Waals surface area contributed by atoms with Crippen molar-refractivity contribution >= 4 is 23.2 Å². The number of benzene rings is 2. The molecule has 1 atom stereocenters. The molecule has 2 aliphatic rings. The van der Waals surface area contributed by atoms with Crippen molar-refractivity contribution in [2.24, 2.45) is 0 Å². The van der Waals surface area contributed by atoms with Crippen LogP contribution < -0.4 is 15.0 Å². The number of ether oxygens (including phenoxy) is 2. The van der Waals surface area contributed by atoms with Crippen LogP contribution in [0.15, 0.2) is 48.5 Å². The topological polar surface area (TPSA) is 67.9 Å². The summed E-state index contributed by atoms with van der Waals surface area (Å²) < 4.78 is 11.5. The summed E-state index contributed by atoms with van der Waals surface area (Å²) in [7, 11) is 0. The lowest BCUT2D eigenvalue weighted by Crippen LogP contribution is -2.25. The Morgan fingerprint density at radius 2 is 1.86 bits per heavy atom. The number of anilines is 2. The Balaban J connectivity index is 1.30. The molecule has 29 heavy (non-hydrogen) atoms. The van der Waals surface area contributed by atoms with Crippen LogP contribution in [-0.2, 0) is 9.53 Å². The molecule has 2 saturated heterocycles. The maximum atomic E-state index is 12.5. The molecule has 6 heteroatoms. The van der Waals surface area contributed by atoms with Gasteiger partial charge in [-0.2, -0.15) is 0 Å². The molecule has 0 bridgehead atoms. The van der Waals surface area contributed by atoms with Crippen molar-refractivity contribution in [1.29, 1.82) is 0 Å². The van der Waals surface area contributed by atoms with Crippen molar-refractivity contribution in [3.63, 3.8) is 0 Å². The normalized spacial score (nSPS) is 19.2. The average Bonchev–Trinajstić information content (AvgIpc) is 3.20. The van der Waals surface area contributed by atoms with E-state index in [2.05, 4.69) is 5.32 Å². The lowest BCUT2D eigenvalue weighted by Gasteiger charge is -2.22. The van der Waals surface area contributed by atoms with Gasteiger partial charge >= 0.3 is 0 Å². The summed E-state index contributed by atoms with van der Waals surface area (Å²) in [6, 6.07) is 14.5. The fourth-order valence-electron chi connectivity index (χ4n) is 3.68. The molecule has 2 aromatic rings. The molecule has 2 fully saturated rings. The third kappa shape index (κ3) is 4.95. The molecule has 2 amide bonds. The van der Waals surface area contributed by atoms with E-state index in [0.717, 1.165) is 43.9 Å². The summed E-state index contributed by atoms with van der Waals surface area (Å²) in [4.78, 5) is 26.1. The third-order valence-electron chi connectivity index (χ3n) is 5.34. The number of carbonyl (C=O) groups is 2. The smallest absolute Gasteiger partial charge is 0.255 e. The van der Waals surface area contributed by atoms with Gasteiger partial charge in [0, 0.05) is 36.5 Å². The van der Waals surface area contributed by atoms with Crippen LogP contribution in [-0.4, -0.2) is 37.7 Å². The van der Waals surface area contributed by atoms with E-state index in [0.29, 0.717) is 24.3 Å². The maximum absolute atomic E-state index is 12.5. The fourth-order valence-corrected chi connectivity index (χ4v) is 3.68. The molecule has 1 N–H and O–H groups in total. The number of hydrogen-bond acceptors (Lipinski definition) is 4. The quantitative estimate of drug-likeness (QED) is 0.804. The second-order valence-corrected chi connectivity index (χ2v) is 7.47. The second-order valence-electron chi connectivity index (χ2n) is 7.47. The first kappa shape index (κ1) is 19.5. The summed E-state index contributed by atoms with van der Waals surface area (Å²) in [5, 5.41) is 2.89. The summed E-state index contributed by atoms with van der Waals surface area (Å²) in [5.41, 5.74) is 2.10. The first-order chi connectivity index (χ1) is 14.2. The van der Waals surface area contributed by atoms with Crippen LogP contribution >= 0.6 is 0 Å². The molecule has 6 nitrogen and oxygen atoms in total. The van der Waals surface area contributed by atoms with Crippen LogP contribution in [0.3, 0.4) is 0 Å². The third-order valence-corrected chi connectivity index (χ3v) is 5.34. The van der Waals surface area contributed by atoms with Gasteiger partial charge < -0.3 is 19.7 Å². The van der Waals surface area contributed by atoms with Crippen LogP contribution in [0.4, 0.5) is 11.4 Å². The Labute approximate surface area is 170 Å². The van der Waals surface area contributed by atoms with Crippen molar-refractivity contribution < 1.29 is 19.1 Å². The average molecular weight is 394 g/mol. The molecule has 4 rings (SSSR count). The number of nitrogens with zero attached hydrogens (tertiary/aromatic N) is 1. The minimum Gasteiger partial charge on any atom is -0.491 e.